The maximum Gasteiger partial charge on any atom is 0.294 e. The summed E-state index contributed by atoms with van der Waals surface area (Å²) >= 11 is 0. The summed E-state index contributed by atoms with van der Waals surface area (Å²) in [5, 5.41) is 11.7. The average molecular weight is 131 g/mol. The van der Waals surface area contributed by atoms with Gasteiger partial charge < -0.3 is 9.84 Å². The van der Waals surface area contributed by atoms with E-state index in [0.29, 0.717) is 19.4 Å². The maximum atomic E-state index is 9.72. The fourth-order valence-corrected chi connectivity index (χ4v) is 0.852. The molecule has 0 aromatic carbocycles. The highest BCUT2D eigenvalue weighted by atomic mass is 16.5. The van der Waals surface area contributed by atoms with Crippen LogP contribution in [0.5, 0.6) is 0 Å². The van der Waals surface area contributed by atoms with Crippen molar-refractivity contribution in [3.63, 3.8) is 0 Å². The lowest BCUT2D eigenvalue weighted by atomic mass is 10.3. The molecule has 52 valence electrons. The first-order chi connectivity index (χ1) is 4.33. The minimum absolute atomic E-state index is 0.280. The molecule has 0 saturated carbocycles. The van der Waals surface area contributed by atoms with Crippen LogP contribution >= 0.6 is 0 Å². The number of carbonyl (C=O) groups is 1. The van der Waals surface area contributed by atoms with Gasteiger partial charge in [-0.1, -0.05) is 0 Å². The molecule has 1 aliphatic heterocycles. The quantitative estimate of drug-likeness (QED) is 0.464. The molecule has 0 bridgehead atoms. The molecule has 2 N–H and O–H groups in total. The predicted molar refractivity (Wildman–Crippen MR) is 29.6 cm³/mol. The molecule has 1 saturated heterocycles. The molecule has 0 aromatic rings. The van der Waals surface area contributed by atoms with E-state index in [9.17, 15) is 4.79 Å². The Hall–Kier alpha value is -0.610. The fraction of sp³-hybridized carbons (Fsp3) is 0.800. The third-order valence-electron chi connectivity index (χ3n) is 1.29. The van der Waals surface area contributed by atoms with Crippen molar-refractivity contribution in [1.82, 2.24) is 5.32 Å². The highest BCUT2D eigenvalue weighted by Gasteiger charge is 2.22. The summed E-state index contributed by atoms with van der Waals surface area (Å²) < 4.78 is 4.52. The smallest absolute Gasteiger partial charge is 0.294 e. The number of aliphatic hydroxyl groups is 1. The Kier molecular flexibility index (Phi) is 2.02. The van der Waals surface area contributed by atoms with Gasteiger partial charge in [0.25, 0.3) is 6.47 Å². The molecule has 0 unspecified atom stereocenters. The van der Waals surface area contributed by atoms with E-state index in [-0.39, 0.29) is 12.3 Å². The first kappa shape index (κ1) is 6.51. The van der Waals surface area contributed by atoms with Crippen LogP contribution in [0.2, 0.25) is 0 Å². The zero-order valence-corrected chi connectivity index (χ0v) is 4.91. The number of hydrogen-bond donors (Lipinski definition) is 2. The maximum absolute atomic E-state index is 9.72. The Morgan fingerprint density at radius 3 is 3.00 bits per heavy atom. The highest BCUT2D eigenvalue weighted by molar-refractivity contribution is 5.37. The monoisotopic (exact) mass is 131 g/mol. The molecule has 1 rings (SSSR count). The number of hydrogen-bond acceptors (Lipinski definition) is 4. The minimum Gasteiger partial charge on any atom is -0.449 e. The van der Waals surface area contributed by atoms with Crippen molar-refractivity contribution in [3.05, 3.63) is 0 Å². The van der Waals surface area contributed by atoms with Crippen molar-refractivity contribution in [3.8, 4) is 0 Å². The first-order valence-electron chi connectivity index (χ1n) is 2.83. The Morgan fingerprint density at radius 2 is 2.56 bits per heavy atom. The van der Waals surface area contributed by atoms with Gasteiger partial charge in [0.1, 0.15) is 0 Å². The van der Waals surface area contributed by atoms with Gasteiger partial charge in [-0.25, -0.2) is 0 Å². The molecule has 1 heterocycles. The largest absolute Gasteiger partial charge is 0.449 e. The van der Waals surface area contributed by atoms with Crippen LogP contribution in [0.3, 0.4) is 0 Å². The zero-order chi connectivity index (χ0) is 6.69. The van der Waals surface area contributed by atoms with Gasteiger partial charge in [-0.2, -0.15) is 0 Å². The number of nitrogens with one attached hydrogen (secondary N) is 1. The molecule has 2 atom stereocenters. The van der Waals surface area contributed by atoms with Crippen LogP contribution in [0.15, 0.2) is 0 Å². The Labute approximate surface area is 52.8 Å². The van der Waals surface area contributed by atoms with Crippen molar-refractivity contribution in [2.45, 2.75) is 18.8 Å². The normalized spacial score (nSPS) is 34.3. The number of aliphatic hydroxyl groups excluding tert-OH is 1. The van der Waals surface area contributed by atoms with E-state index in [1.807, 2.05) is 0 Å². The van der Waals surface area contributed by atoms with E-state index in [2.05, 4.69) is 10.1 Å². The van der Waals surface area contributed by atoms with Crippen LogP contribution < -0.4 is 5.32 Å². The molecule has 0 aromatic heterocycles. The lowest BCUT2D eigenvalue weighted by Crippen LogP contribution is -2.23. The fourth-order valence-electron chi connectivity index (χ4n) is 0.852. The number of β-amino-alcohol motifs (C(OH)–C–C–N with tert-alkyl or cyclic N) is 1. The topological polar surface area (TPSA) is 58.6 Å². The minimum atomic E-state index is -0.366. The second-order valence-corrected chi connectivity index (χ2v) is 2.02. The van der Waals surface area contributed by atoms with Crippen LogP contribution in [0.25, 0.3) is 0 Å². The molecule has 0 aliphatic carbocycles. The summed E-state index contributed by atoms with van der Waals surface area (Å²) in [6.07, 6.45) is -0.147. The first-order valence-corrected chi connectivity index (χ1v) is 2.83. The van der Waals surface area contributed by atoms with Crippen molar-refractivity contribution < 1.29 is 14.6 Å². The zero-order valence-electron chi connectivity index (χ0n) is 4.91. The van der Waals surface area contributed by atoms with Crippen molar-refractivity contribution in [2.75, 3.05) is 6.54 Å². The van der Waals surface area contributed by atoms with Crippen LogP contribution in [0.4, 0.5) is 0 Å². The van der Waals surface area contributed by atoms with E-state index in [1.165, 1.54) is 0 Å². The number of carbonyl (C=O) groups excluding carboxylic acids is 1. The second kappa shape index (κ2) is 2.80. The summed E-state index contributed by atoms with van der Waals surface area (Å²) in [4.78, 5) is 9.72. The van der Waals surface area contributed by atoms with Crippen LogP contribution in [0.1, 0.15) is 6.42 Å². The molecule has 4 heteroatoms. The van der Waals surface area contributed by atoms with Crippen LogP contribution in [-0.2, 0) is 9.53 Å². The third kappa shape index (κ3) is 1.65. The summed E-state index contributed by atoms with van der Waals surface area (Å²) in [5.41, 5.74) is 0. The summed E-state index contributed by atoms with van der Waals surface area (Å²) in [5.74, 6) is 0. The van der Waals surface area contributed by atoms with E-state index in [4.69, 9.17) is 5.11 Å². The van der Waals surface area contributed by atoms with Crippen molar-refractivity contribution >= 4 is 6.47 Å². The molecular weight excluding hydrogens is 122 g/mol. The van der Waals surface area contributed by atoms with Gasteiger partial charge in [0.15, 0.2) is 6.23 Å². The molecule has 0 spiro atoms. The SMILES string of the molecule is O=CO[C@@H]1C[C@H](O)CN1. The molecular formula is C5H9NO3. The molecule has 9 heavy (non-hydrogen) atoms. The van der Waals surface area contributed by atoms with E-state index in [0.717, 1.165) is 0 Å². The Balaban J connectivity index is 2.21. The van der Waals surface area contributed by atoms with Gasteiger partial charge >= 0.3 is 0 Å². The van der Waals surface area contributed by atoms with Crippen molar-refractivity contribution in [2.24, 2.45) is 0 Å². The van der Waals surface area contributed by atoms with E-state index >= 15 is 0 Å². The summed E-state index contributed by atoms with van der Waals surface area (Å²) in [6.45, 7) is 0.897. The van der Waals surface area contributed by atoms with E-state index < -0.39 is 0 Å². The molecule has 4 nitrogen and oxygen atoms in total. The van der Waals surface area contributed by atoms with E-state index in [1.54, 1.807) is 0 Å². The highest BCUT2D eigenvalue weighted by Crippen LogP contribution is 2.05. The number of rotatable bonds is 2. The molecule has 1 fully saturated rings. The Morgan fingerprint density at radius 1 is 1.78 bits per heavy atom. The summed E-state index contributed by atoms with van der Waals surface area (Å²) in [7, 11) is 0. The van der Waals surface area contributed by atoms with Gasteiger partial charge in [0.2, 0.25) is 0 Å². The molecule has 0 amide bonds. The standard InChI is InChI=1S/C5H9NO3/c7-3-9-5-1-4(8)2-6-5/h3-6,8H,1-2H2/t4-,5+/m0/s1. The van der Waals surface area contributed by atoms with Gasteiger partial charge in [-0.3, -0.25) is 10.1 Å². The van der Waals surface area contributed by atoms with Crippen LogP contribution in [0, 0.1) is 0 Å². The van der Waals surface area contributed by atoms with Gasteiger partial charge in [-0.05, 0) is 0 Å². The lowest BCUT2D eigenvalue weighted by molar-refractivity contribution is -0.134. The van der Waals surface area contributed by atoms with Gasteiger partial charge in [-0.15, -0.1) is 0 Å². The summed E-state index contributed by atoms with van der Waals surface area (Å²) in [6, 6.07) is 0. The van der Waals surface area contributed by atoms with Crippen LogP contribution in [-0.4, -0.2) is 30.5 Å². The lowest BCUT2D eigenvalue weighted by Gasteiger charge is -2.04. The van der Waals surface area contributed by atoms with Gasteiger partial charge in [0.05, 0.1) is 6.10 Å². The third-order valence-corrected chi connectivity index (χ3v) is 1.29. The predicted octanol–water partition coefficient (Wildman–Crippen LogP) is -1.16. The second-order valence-electron chi connectivity index (χ2n) is 2.02. The molecule has 1 aliphatic rings. The Bertz CT molecular complexity index is 106. The average Bonchev–Trinajstić information content (AvgIpc) is 2.17. The van der Waals surface area contributed by atoms with Gasteiger partial charge in [0, 0.05) is 13.0 Å². The van der Waals surface area contributed by atoms with Crippen molar-refractivity contribution in [1.29, 1.82) is 0 Å². The molecule has 0 radical (unpaired) electrons. The number of ether oxygens (including phenoxy) is 1.